The Bertz CT molecular complexity index is 1160. The molecule has 2 fully saturated rings. The van der Waals surface area contributed by atoms with Gasteiger partial charge in [-0.25, -0.2) is 18.7 Å². The van der Waals surface area contributed by atoms with Crippen LogP contribution in [0.25, 0.3) is 10.4 Å². The molecule has 196 valence electrons. The molecule has 4 rings (SSSR count). The van der Waals surface area contributed by atoms with Gasteiger partial charge in [0, 0.05) is 29.9 Å². The summed E-state index contributed by atoms with van der Waals surface area (Å²) in [6, 6.07) is -1.81. The molecular formula is C22H24F5N5O3S. The molecule has 3 heterocycles. The van der Waals surface area contributed by atoms with E-state index in [2.05, 4.69) is 20.6 Å². The van der Waals surface area contributed by atoms with E-state index in [-0.39, 0.29) is 27.2 Å². The molecule has 0 aromatic carbocycles. The molecule has 2 aromatic heterocycles. The number of alkyl halides is 5. The smallest absolute Gasteiger partial charge is 0.391 e. The minimum absolute atomic E-state index is 0.0289. The molecule has 2 aliphatic rings. The molecule has 36 heavy (non-hydrogen) atoms. The minimum atomic E-state index is -4.62. The number of carbonyl (C=O) groups excluding carboxylic acids is 2. The lowest BCUT2D eigenvalue weighted by molar-refractivity contribution is -0.138. The van der Waals surface area contributed by atoms with E-state index in [1.807, 2.05) is 6.92 Å². The third-order valence-corrected chi connectivity index (χ3v) is 7.27. The first kappa shape index (κ1) is 26.2. The highest BCUT2D eigenvalue weighted by Gasteiger charge is 2.39. The second-order valence-electron chi connectivity index (χ2n) is 8.93. The number of carbonyl (C=O) groups is 2. The summed E-state index contributed by atoms with van der Waals surface area (Å²) in [7, 11) is 0. The van der Waals surface area contributed by atoms with Gasteiger partial charge in [-0.1, -0.05) is 0 Å². The summed E-state index contributed by atoms with van der Waals surface area (Å²) in [5.41, 5.74) is -1.06. The number of likely N-dealkylation sites (tertiary alicyclic amines) is 1. The van der Waals surface area contributed by atoms with Gasteiger partial charge < -0.3 is 20.6 Å². The zero-order valence-electron chi connectivity index (χ0n) is 19.3. The number of aliphatic hydroxyl groups excluding tert-OH is 1. The Morgan fingerprint density at radius 3 is 2.56 bits per heavy atom. The first-order valence-electron chi connectivity index (χ1n) is 11.3. The summed E-state index contributed by atoms with van der Waals surface area (Å²) in [6.07, 6.45) is -5.59. The lowest BCUT2D eigenvalue weighted by Crippen LogP contribution is -2.34. The van der Waals surface area contributed by atoms with E-state index >= 15 is 0 Å². The molecule has 0 spiro atoms. The van der Waals surface area contributed by atoms with Crippen molar-refractivity contribution in [1.82, 2.24) is 20.2 Å². The fourth-order valence-corrected chi connectivity index (χ4v) is 4.90. The average molecular weight is 534 g/mol. The standard InChI is InChI=1S/C22H24F5N5O3S/c1-9-4-3-5-32(9)21(35)16-17(36-20(31-16)19(34)30-13-7-14(13)33)12-8-28-15(6-11(12)18(23)24)29-10(2)22(25,26)27/h6,8-10,13-14,18,33H,3-5,7H2,1-2H3,(H,28,29)(H,30,34)/t9-,10-,13+,14+/m0/s1. The first-order chi connectivity index (χ1) is 16.9. The monoisotopic (exact) mass is 533 g/mol. The van der Waals surface area contributed by atoms with E-state index in [0.717, 1.165) is 32.0 Å². The van der Waals surface area contributed by atoms with Crippen LogP contribution in [-0.2, 0) is 0 Å². The van der Waals surface area contributed by atoms with Gasteiger partial charge in [-0.05, 0) is 39.2 Å². The highest BCUT2D eigenvalue weighted by atomic mass is 32.1. The number of hydrogen-bond acceptors (Lipinski definition) is 7. The maximum atomic E-state index is 14.1. The van der Waals surface area contributed by atoms with Crippen LogP contribution in [0.5, 0.6) is 0 Å². The molecule has 2 aromatic rings. The van der Waals surface area contributed by atoms with Crippen LogP contribution in [0.2, 0.25) is 0 Å². The fourth-order valence-electron chi connectivity index (χ4n) is 3.91. The molecule has 1 saturated carbocycles. The van der Waals surface area contributed by atoms with Gasteiger partial charge in [-0.3, -0.25) is 9.59 Å². The Hall–Kier alpha value is -2.87. The maximum absolute atomic E-state index is 14.1. The molecule has 0 unspecified atom stereocenters. The SMILES string of the molecule is C[C@H](Nc1cc(C(F)F)c(-c2sc(C(=O)N[C@@H]3C[C@H]3O)nc2C(=O)N2CCC[C@@H]2C)cn1)C(F)(F)F. The van der Waals surface area contributed by atoms with E-state index in [1.165, 1.54) is 0 Å². The van der Waals surface area contributed by atoms with Gasteiger partial charge in [0.15, 0.2) is 5.01 Å². The molecule has 14 heteroatoms. The number of aromatic nitrogens is 2. The molecule has 3 N–H and O–H groups in total. The minimum Gasteiger partial charge on any atom is -0.391 e. The van der Waals surface area contributed by atoms with Crippen LogP contribution < -0.4 is 10.6 Å². The predicted octanol–water partition coefficient (Wildman–Crippen LogP) is 3.99. The lowest BCUT2D eigenvalue weighted by Gasteiger charge is -2.21. The number of pyridine rings is 1. The summed E-state index contributed by atoms with van der Waals surface area (Å²) in [5, 5.41) is 14.0. The number of nitrogens with one attached hydrogen (secondary N) is 2. The van der Waals surface area contributed by atoms with Gasteiger partial charge in [0.05, 0.1) is 17.0 Å². The third kappa shape index (κ3) is 5.43. The van der Waals surface area contributed by atoms with E-state index in [4.69, 9.17) is 0 Å². The summed E-state index contributed by atoms with van der Waals surface area (Å²) in [5.74, 6) is -1.62. The van der Waals surface area contributed by atoms with E-state index < -0.39 is 54.0 Å². The Labute approximate surface area is 206 Å². The molecule has 2 amide bonds. The Morgan fingerprint density at radius 1 is 1.31 bits per heavy atom. The number of nitrogens with zero attached hydrogens (tertiary/aromatic N) is 3. The molecule has 1 aliphatic carbocycles. The van der Waals surface area contributed by atoms with Crippen molar-refractivity contribution >= 4 is 29.0 Å². The van der Waals surface area contributed by atoms with Crippen molar-refractivity contribution in [2.45, 2.75) is 69.9 Å². The van der Waals surface area contributed by atoms with E-state index in [9.17, 15) is 36.6 Å². The number of thiazole rings is 1. The number of amides is 2. The number of halogens is 5. The van der Waals surface area contributed by atoms with Crippen LogP contribution in [0, 0.1) is 0 Å². The van der Waals surface area contributed by atoms with Crippen LogP contribution in [0.3, 0.4) is 0 Å². The van der Waals surface area contributed by atoms with Crippen LogP contribution in [0.4, 0.5) is 27.8 Å². The van der Waals surface area contributed by atoms with Crippen LogP contribution >= 0.6 is 11.3 Å². The van der Waals surface area contributed by atoms with Gasteiger partial charge >= 0.3 is 6.18 Å². The molecule has 8 nitrogen and oxygen atoms in total. The van der Waals surface area contributed by atoms with Gasteiger partial charge in [0.25, 0.3) is 18.2 Å². The van der Waals surface area contributed by atoms with Gasteiger partial charge in [-0.2, -0.15) is 13.2 Å². The highest BCUT2D eigenvalue weighted by Crippen LogP contribution is 2.39. The molecular weight excluding hydrogens is 509 g/mol. The topological polar surface area (TPSA) is 107 Å². The van der Waals surface area contributed by atoms with Crippen LogP contribution in [0.15, 0.2) is 12.3 Å². The van der Waals surface area contributed by atoms with Crippen molar-refractivity contribution in [2.75, 3.05) is 11.9 Å². The van der Waals surface area contributed by atoms with Crippen LogP contribution in [0.1, 0.15) is 65.4 Å². The van der Waals surface area contributed by atoms with Crippen molar-refractivity contribution in [3.63, 3.8) is 0 Å². The van der Waals surface area contributed by atoms with Crippen molar-refractivity contribution < 1.29 is 36.6 Å². The highest BCUT2D eigenvalue weighted by molar-refractivity contribution is 7.17. The number of aliphatic hydroxyl groups is 1. The summed E-state index contributed by atoms with van der Waals surface area (Å²) >= 11 is 0.710. The maximum Gasteiger partial charge on any atom is 0.408 e. The van der Waals surface area contributed by atoms with E-state index in [1.54, 1.807) is 4.90 Å². The Balaban J connectivity index is 1.75. The van der Waals surface area contributed by atoms with Crippen molar-refractivity contribution in [3.8, 4) is 10.4 Å². The zero-order valence-corrected chi connectivity index (χ0v) is 20.1. The predicted molar refractivity (Wildman–Crippen MR) is 121 cm³/mol. The Morgan fingerprint density at radius 2 is 2.00 bits per heavy atom. The molecule has 0 radical (unpaired) electrons. The lowest BCUT2D eigenvalue weighted by atomic mass is 10.1. The number of hydrogen-bond donors (Lipinski definition) is 3. The summed E-state index contributed by atoms with van der Waals surface area (Å²) in [6.45, 7) is 3.11. The quantitative estimate of drug-likeness (QED) is 0.465. The molecule has 4 atom stereocenters. The normalized spacial score (nSPS) is 22.6. The Kier molecular flexibility index (Phi) is 7.19. The second-order valence-corrected chi connectivity index (χ2v) is 9.93. The molecule has 0 bridgehead atoms. The van der Waals surface area contributed by atoms with Gasteiger partial charge in [-0.15, -0.1) is 11.3 Å². The van der Waals surface area contributed by atoms with E-state index in [0.29, 0.717) is 24.3 Å². The third-order valence-electron chi connectivity index (χ3n) is 6.18. The summed E-state index contributed by atoms with van der Waals surface area (Å²) in [4.78, 5) is 35.5. The summed E-state index contributed by atoms with van der Waals surface area (Å²) < 4.78 is 66.9. The zero-order chi connectivity index (χ0) is 26.4. The first-order valence-corrected chi connectivity index (χ1v) is 12.1. The van der Waals surface area contributed by atoms with Crippen molar-refractivity contribution in [3.05, 3.63) is 28.5 Å². The molecule has 1 saturated heterocycles. The van der Waals surface area contributed by atoms with Crippen LogP contribution in [-0.4, -0.2) is 68.7 Å². The fraction of sp³-hybridized carbons (Fsp3) is 0.545. The largest absolute Gasteiger partial charge is 0.408 e. The second kappa shape index (κ2) is 9.88. The van der Waals surface area contributed by atoms with Crippen molar-refractivity contribution in [2.24, 2.45) is 0 Å². The number of anilines is 1. The molecule has 1 aliphatic heterocycles. The van der Waals surface area contributed by atoms with Gasteiger partial charge in [0.1, 0.15) is 17.6 Å². The van der Waals surface area contributed by atoms with Crippen molar-refractivity contribution in [1.29, 1.82) is 0 Å². The van der Waals surface area contributed by atoms with Gasteiger partial charge in [0.2, 0.25) is 0 Å². The number of rotatable bonds is 7. The average Bonchev–Trinajstić information content (AvgIpc) is 3.16.